The number of carbonyl (C=O) groups excluding carboxylic acids is 1. The van der Waals surface area contributed by atoms with Gasteiger partial charge < -0.3 is 20.3 Å². The van der Waals surface area contributed by atoms with Crippen LogP contribution in [-0.2, 0) is 4.74 Å². The number of aliphatic hydroxyl groups excluding tert-OH is 2. The Morgan fingerprint density at radius 1 is 1.21 bits per heavy atom. The topological polar surface area (TPSA) is 120 Å². The molecular weight excluding hydrogens is 372 g/mol. The van der Waals surface area contributed by atoms with Crippen LogP contribution in [0.2, 0.25) is 0 Å². The molecule has 0 aromatic carbocycles. The van der Waals surface area contributed by atoms with Gasteiger partial charge in [-0.1, -0.05) is 64.7 Å². The summed E-state index contributed by atoms with van der Waals surface area (Å²) in [4.78, 5) is 13.8. The number of rotatable bonds is 14. The number of amides is 2. The molecule has 0 spiro atoms. The summed E-state index contributed by atoms with van der Waals surface area (Å²) < 4.78 is 5.53. The molecule has 29 heavy (non-hydrogen) atoms. The average Bonchev–Trinajstić information content (AvgIpc) is 3.06. The van der Waals surface area contributed by atoms with Gasteiger partial charge in [0.15, 0.2) is 5.79 Å². The third kappa shape index (κ3) is 7.86. The molecule has 0 aromatic rings. The van der Waals surface area contributed by atoms with Crippen LogP contribution < -0.4 is 16.4 Å². The average molecular weight is 413 g/mol. The summed E-state index contributed by atoms with van der Waals surface area (Å²) >= 11 is 0. The fraction of sp³-hybridized carbons (Fsp3) is 0.857. The molecule has 168 valence electrons. The zero-order chi connectivity index (χ0) is 21.1. The Balaban J connectivity index is 1.60. The van der Waals surface area contributed by atoms with Gasteiger partial charge in [0, 0.05) is 12.6 Å². The van der Waals surface area contributed by atoms with Crippen molar-refractivity contribution in [3.8, 4) is 0 Å². The first-order chi connectivity index (χ1) is 14.0. The van der Waals surface area contributed by atoms with E-state index < -0.39 is 24.2 Å². The lowest BCUT2D eigenvalue weighted by Gasteiger charge is -2.37. The number of unbranched alkanes of at least 4 members (excludes halogenated alkanes) is 9. The third-order valence-corrected chi connectivity index (χ3v) is 5.69. The van der Waals surface area contributed by atoms with Crippen molar-refractivity contribution in [1.82, 2.24) is 15.5 Å². The van der Waals surface area contributed by atoms with Crippen LogP contribution in [0.5, 0.6) is 0 Å². The van der Waals surface area contributed by atoms with Gasteiger partial charge in [0.1, 0.15) is 12.3 Å². The number of carbonyl (C=O) groups is 1. The monoisotopic (exact) mass is 412 g/mol. The van der Waals surface area contributed by atoms with Crippen molar-refractivity contribution in [2.24, 2.45) is 5.73 Å². The lowest BCUT2D eigenvalue weighted by atomic mass is 10.1. The van der Waals surface area contributed by atoms with Gasteiger partial charge >= 0.3 is 6.03 Å². The molecule has 1 fully saturated rings. The van der Waals surface area contributed by atoms with Gasteiger partial charge in [0.2, 0.25) is 0 Å². The molecule has 0 radical (unpaired) electrons. The second kappa shape index (κ2) is 12.5. The van der Waals surface area contributed by atoms with E-state index in [9.17, 15) is 15.0 Å². The number of hydrogen-bond acceptors (Lipinski definition) is 6. The second-order valence-electron chi connectivity index (χ2n) is 8.25. The predicted molar refractivity (Wildman–Crippen MR) is 113 cm³/mol. The van der Waals surface area contributed by atoms with E-state index >= 15 is 0 Å². The fourth-order valence-corrected chi connectivity index (χ4v) is 3.84. The van der Waals surface area contributed by atoms with Crippen LogP contribution in [0.15, 0.2) is 12.3 Å². The van der Waals surface area contributed by atoms with Gasteiger partial charge in [-0.05, 0) is 19.0 Å². The number of nitrogens with two attached hydrogens (primary N) is 1. The van der Waals surface area contributed by atoms with Crippen molar-refractivity contribution in [3.63, 3.8) is 0 Å². The van der Waals surface area contributed by atoms with Crippen LogP contribution in [0.4, 0.5) is 4.79 Å². The highest BCUT2D eigenvalue weighted by atomic mass is 16.5. The zero-order valence-corrected chi connectivity index (χ0v) is 17.8. The molecule has 8 heteroatoms. The molecule has 1 saturated heterocycles. The van der Waals surface area contributed by atoms with Crippen LogP contribution in [0.3, 0.4) is 0 Å². The van der Waals surface area contributed by atoms with E-state index in [0.717, 1.165) is 19.4 Å². The smallest absolute Gasteiger partial charge is 0.326 e. The summed E-state index contributed by atoms with van der Waals surface area (Å²) in [6, 6.07) is -0.388. The molecule has 0 bridgehead atoms. The molecule has 1 unspecified atom stereocenters. The van der Waals surface area contributed by atoms with E-state index in [1.807, 2.05) is 0 Å². The first-order valence-corrected chi connectivity index (χ1v) is 11.3. The fourth-order valence-electron chi connectivity index (χ4n) is 3.84. The van der Waals surface area contributed by atoms with Crippen LogP contribution >= 0.6 is 0 Å². The Labute approximate surface area is 174 Å². The van der Waals surface area contributed by atoms with E-state index in [2.05, 4.69) is 17.6 Å². The Morgan fingerprint density at radius 2 is 1.83 bits per heavy atom. The predicted octanol–water partition coefficient (Wildman–Crippen LogP) is 2.12. The number of hydrogen-bond donors (Lipinski definition) is 5. The highest BCUT2D eigenvalue weighted by Gasteiger charge is 2.41. The second-order valence-corrected chi connectivity index (χ2v) is 8.25. The molecule has 6 N–H and O–H groups in total. The Hall–Kier alpha value is -1.19. The van der Waals surface area contributed by atoms with E-state index in [4.69, 9.17) is 10.5 Å². The lowest BCUT2D eigenvalue weighted by Crippen LogP contribution is -2.68. The summed E-state index contributed by atoms with van der Waals surface area (Å²) in [5.41, 5.74) is 6.22. The van der Waals surface area contributed by atoms with Crippen molar-refractivity contribution in [1.29, 1.82) is 0 Å². The maximum atomic E-state index is 12.4. The molecule has 0 saturated carbocycles. The number of aliphatic hydroxyl groups is 2. The SMILES string of the molecule is CCCCCCCCCCCCNC1(N)C=CN([C@H]2C[C@H](O)[C@@H](CO)O2)C(=O)N1. The molecule has 2 heterocycles. The van der Waals surface area contributed by atoms with Crippen molar-refractivity contribution in [3.05, 3.63) is 12.3 Å². The van der Waals surface area contributed by atoms with E-state index in [1.54, 1.807) is 12.3 Å². The molecule has 2 aliphatic heterocycles. The quantitative estimate of drug-likeness (QED) is 0.220. The van der Waals surface area contributed by atoms with Gasteiger partial charge in [0.25, 0.3) is 0 Å². The van der Waals surface area contributed by atoms with Crippen molar-refractivity contribution >= 4 is 6.03 Å². The van der Waals surface area contributed by atoms with Gasteiger partial charge in [-0.3, -0.25) is 16.0 Å². The zero-order valence-electron chi connectivity index (χ0n) is 17.8. The molecular formula is C21H40N4O4. The minimum atomic E-state index is -1.08. The molecule has 4 atom stereocenters. The maximum absolute atomic E-state index is 12.4. The first-order valence-electron chi connectivity index (χ1n) is 11.3. The molecule has 0 aromatic heterocycles. The van der Waals surface area contributed by atoms with Gasteiger partial charge in [-0.25, -0.2) is 4.79 Å². The summed E-state index contributed by atoms with van der Waals surface area (Å²) in [7, 11) is 0. The summed E-state index contributed by atoms with van der Waals surface area (Å²) in [5.74, 6) is -1.08. The van der Waals surface area contributed by atoms with Crippen LogP contribution in [0.1, 0.15) is 77.6 Å². The Kier molecular flexibility index (Phi) is 10.4. The van der Waals surface area contributed by atoms with E-state index in [1.165, 1.54) is 56.3 Å². The van der Waals surface area contributed by atoms with E-state index in [0.29, 0.717) is 0 Å². The van der Waals surface area contributed by atoms with E-state index in [-0.39, 0.29) is 19.1 Å². The molecule has 2 amide bonds. The Bertz CT molecular complexity index is 519. The molecule has 0 aliphatic carbocycles. The van der Waals surface area contributed by atoms with Gasteiger partial charge in [0.05, 0.1) is 12.7 Å². The van der Waals surface area contributed by atoms with Gasteiger partial charge in [-0.2, -0.15) is 0 Å². The minimum Gasteiger partial charge on any atom is -0.394 e. The van der Waals surface area contributed by atoms with Crippen molar-refractivity contribution in [2.75, 3.05) is 13.2 Å². The standard InChI is InChI=1S/C21H40N4O4/c1-2-3-4-5-6-7-8-9-10-11-13-23-21(22)12-14-25(20(28)24-21)19-15-17(27)18(16-26)29-19/h12,14,17-19,23,26-27H,2-11,13,15-16,22H2,1H3,(H,24,28)/t17-,18+,19+,21?/m0/s1. The number of ether oxygens (including phenoxy) is 1. The number of urea groups is 1. The third-order valence-electron chi connectivity index (χ3n) is 5.69. The first kappa shape index (κ1) is 24.1. The van der Waals surface area contributed by atoms with Crippen LogP contribution in [0.25, 0.3) is 0 Å². The molecule has 2 aliphatic rings. The van der Waals surface area contributed by atoms with Crippen LogP contribution in [0, 0.1) is 0 Å². The number of nitrogens with zero attached hydrogens (tertiary/aromatic N) is 1. The molecule has 8 nitrogen and oxygen atoms in total. The summed E-state index contributed by atoms with van der Waals surface area (Å²) in [6.45, 7) is 2.69. The highest BCUT2D eigenvalue weighted by Crippen LogP contribution is 2.25. The van der Waals surface area contributed by atoms with Crippen LogP contribution in [-0.4, -0.2) is 58.5 Å². The lowest BCUT2D eigenvalue weighted by molar-refractivity contribution is -0.0550. The number of nitrogens with one attached hydrogen (secondary N) is 2. The highest BCUT2D eigenvalue weighted by molar-refractivity contribution is 5.78. The Morgan fingerprint density at radius 3 is 2.38 bits per heavy atom. The largest absolute Gasteiger partial charge is 0.394 e. The molecule has 2 rings (SSSR count). The summed E-state index contributed by atoms with van der Waals surface area (Å²) in [5, 5.41) is 25.0. The minimum absolute atomic E-state index is 0.257. The van der Waals surface area contributed by atoms with Gasteiger partial charge in [-0.15, -0.1) is 0 Å². The maximum Gasteiger partial charge on any atom is 0.326 e. The van der Waals surface area contributed by atoms with Crippen molar-refractivity contribution < 1.29 is 19.7 Å². The summed E-state index contributed by atoms with van der Waals surface area (Å²) in [6.07, 6.45) is 14.2. The van der Waals surface area contributed by atoms with Crippen molar-refractivity contribution in [2.45, 2.75) is 102 Å². The normalized spacial score (nSPS) is 29.4.